The molecule has 1 atom stereocenters. The van der Waals surface area contributed by atoms with E-state index in [1.807, 2.05) is 0 Å². The van der Waals surface area contributed by atoms with Crippen LogP contribution in [0.2, 0.25) is 0 Å². The zero-order valence-corrected chi connectivity index (χ0v) is 12.3. The highest BCUT2D eigenvalue weighted by molar-refractivity contribution is 7.80. The van der Waals surface area contributed by atoms with E-state index in [2.05, 4.69) is 32.1 Å². The molecule has 1 aliphatic rings. The summed E-state index contributed by atoms with van der Waals surface area (Å²) in [5, 5.41) is 12.1. The van der Waals surface area contributed by atoms with Crippen molar-refractivity contribution in [1.29, 1.82) is 0 Å². The third kappa shape index (κ3) is 3.68. The Labute approximate surface area is 118 Å². The molecule has 0 aromatic carbocycles. The Morgan fingerprint density at radius 1 is 1.37 bits per heavy atom. The Morgan fingerprint density at radius 3 is 2.53 bits per heavy atom. The van der Waals surface area contributed by atoms with Crippen LogP contribution in [0.3, 0.4) is 0 Å². The second-order valence-electron chi connectivity index (χ2n) is 4.83. The summed E-state index contributed by atoms with van der Waals surface area (Å²) in [6, 6.07) is 0.229. The summed E-state index contributed by atoms with van der Waals surface area (Å²) in [5.74, 6) is 0.775. The van der Waals surface area contributed by atoms with Gasteiger partial charge in [0, 0.05) is 26.2 Å². The SMILES string of the molecule is CCC(C(N)=S)N1CCN(Cc2nnn(C)n2)CC1. The van der Waals surface area contributed by atoms with Gasteiger partial charge in [0.15, 0.2) is 5.82 Å². The van der Waals surface area contributed by atoms with E-state index in [0.717, 1.165) is 45.0 Å². The van der Waals surface area contributed by atoms with Crippen LogP contribution in [0.15, 0.2) is 0 Å². The van der Waals surface area contributed by atoms with Crippen LogP contribution in [0.4, 0.5) is 0 Å². The molecule has 19 heavy (non-hydrogen) atoms. The molecular weight excluding hydrogens is 262 g/mol. The molecule has 2 N–H and O–H groups in total. The summed E-state index contributed by atoms with van der Waals surface area (Å²) in [4.78, 5) is 6.79. The molecule has 1 aromatic rings. The average Bonchev–Trinajstić information content (AvgIpc) is 2.77. The van der Waals surface area contributed by atoms with Crippen LogP contribution >= 0.6 is 12.2 Å². The molecule has 1 saturated heterocycles. The largest absolute Gasteiger partial charge is 0.392 e. The minimum absolute atomic E-state index is 0.229. The van der Waals surface area contributed by atoms with Crippen molar-refractivity contribution in [1.82, 2.24) is 30.0 Å². The maximum atomic E-state index is 5.78. The molecule has 1 aromatic heterocycles. The lowest BCUT2D eigenvalue weighted by Gasteiger charge is -2.38. The minimum Gasteiger partial charge on any atom is -0.392 e. The molecule has 0 amide bonds. The van der Waals surface area contributed by atoms with Gasteiger partial charge in [-0.3, -0.25) is 9.80 Å². The van der Waals surface area contributed by atoms with Crippen molar-refractivity contribution < 1.29 is 0 Å². The fraction of sp³-hybridized carbons (Fsp3) is 0.818. The second-order valence-corrected chi connectivity index (χ2v) is 5.31. The summed E-state index contributed by atoms with van der Waals surface area (Å²) < 4.78 is 0. The molecule has 7 nitrogen and oxygen atoms in total. The Kier molecular flexibility index (Phi) is 4.78. The molecule has 8 heteroatoms. The average molecular weight is 283 g/mol. The summed E-state index contributed by atoms with van der Waals surface area (Å²) in [7, 11) is 1.78. The van der Waals surface area contributed by atoms with E-state index < -0.39 is 0 Å². The van der Waals surface area contributed by atoms with Crippen LogP contribution in [-0.2, 0) is 13.6 Å². The van der Waals surface area contributed by atoms with Gasteiger partial charge in [-0.25, -0.2) is 0 Å². The molecule has 0 spiro atoms. The van der Waals surface area contributed by atoms with E-state index in [9.17, 15) is 0 Å². The van der Waals surface area contributed by atoms with Crippen LogP contribution in [0.25, 0.3) is 0 Å². The van der Waals surface area contributed by atoms with Gasteiger partial charge < -0.3 is 5.73 Å². The number of hydrogen-bond donors (Lipinski definition) is 1. The molecular formula is C11H21N7S. The Bertz CT molecular complexity index is 424. The van der Waals surface area contributed by atoms with Crippen LogP contribution < -0.4 is 5.73 Å². The first-order valence-corrected chi connectivity index (χ1v) is 6.99. The standard InChI is InChI=1S/C11H21N7S/c1-3-9(11(12)19)18-6-4-17(5-7-18)8-10-13-15-16(2)14-10/h9H,3-8H2,1-2H3,(H2,12,19). The Hall–Kier alpha value is -1.12. The van der Waals surface area contributed by atoms with Crippen molar-refractivity contribution in [2.24, 2.45) is 12.8 Å². The molecule has 0 radical (unpaired) electrons. The fourth-order valence-electron chi connectivity index (χ4n) is 2.46. The van der Waals surface area contributed by atoms with Gasteiger partial charge in [0.2, 0.25) is 0 Å². The van der Waals surface area contributed by atoms with Crippen molar-refractivity contribution >= 4 is 17.2 Å². The lowest BCUT2D eigenvalue weighted by molar-refractivity contribution is 0.110. The van der Waals surface area contributed by atoms with Gasteiger partial charge in [0.05, 0.1) is 24.6 Å². The molecule has 0 saturated carbocycles. The molecule has 2 heterocycles. The third-order valence-electron chi connectivity index (χ3n) is 3.48. The van der Waals surface area contributed by atoms with Crippen molar-refractivity contribution in [3.63, 3.8) is 0 Å². The smallest absolute Gasteiger partial charge is 0.188 e. The summed E-state index contributed by atoms with van der Waals surface area (Å²) >= 11 is 5.13. The first-order valence-electron chi connectivity index (χ1n) is 6.58. The van der Waals surface area contributed by atoms with Crippen molar-refractivity contribution in [3.05, 3.63) is 5.82 Å². The number of nitrogens with zero attached hydrogens (tertiary/aromatic N) is 6. The summed E-state index contributed by atoms with van der Waals surface area (Å²) in [5.41, 5.74) is 5.78. The molecule has 0 aliphatic carbocycles. The van der Waals surface area contributed by atoms with Crippen LogP contribution in [-0.4, -0.2) is 67.2 Å². The number of piperazine rings is 1. The predicted molar refractivity (Wildman–Crippen MR) is 76.5 cm³/mol. The monoisotopic (exact) mass is 283 g/mol. The quantitative estimate of drug-likeness (QED) is 0.723. The third-order valence-corrected chi connectivity index (χ3v) is 3.75. The van der Waals surface area contributed by atoms with Gasteiger partial charge in [0.1, 0.15) is 0 Å². The van der Waals surface area contributed by atoms with Crippen molar-refractivity contribution in [2.45, 2.75) is 25.9 Å². The van der Waals surface area contributed by atoms with E-state index in [-0.39, 0.29) is 6.04 Å². The van der Waals surface area contributed by atoms with Crippen molar-refractivity contribution in [2.75, 3.05) is 26.2 Å². The molecule has 1 fully saturated rings. The number of aromatic nitrogens is 4. The van der Waals surface area contributed by atoms with Gasteiger partial charge in [-0.05, 0) is 11.6 Å². The second kappa shape index (κ2) is 6.36. The fourth-order valence-corrected chi connectivity index (χ4v) is 2.77. The first kappa shape index (κ1) is 14.3. The van der Waals surface area contributed by atoms with Crippen LogP contribution in [0, 0.1) is 0 Å². The van der Waals surface area contributed by atoms with E-state index >= 15 is 0 Å². The number of thiocarbonyl (C=S) groups is 1. The molecule has 1 aliphatic heterocycles. The van der Waals surface area contributed by atoms with Gasteiger partial charge in [-0.2, -0.15) is 4.80 Å². The van der Waals surface area contributed by atoms with E-state index in [1.54, 1.807) is 7.05 Å². The maximum absolute atomic E-state index is 5.78. The number of hydrogen-bond acceptors (Lipinski definition) is 6. The van der Waals surface area contributed by atoms with Gasteiger partial charge >= 0.3 is 0 Å². The van der Waals surface area contributed by atoms with Crippen LogP contribution in [0.5, 0.6) is 0 Å². The van der Waals surface area contributed by atoms with E-state index in [0.29, 0.717) is 4.99 Å². The number of nitrogens with two attached hydrogens (primary N) is 1. The lowest BCUT2D eigenvalue weighted by atomic mass is 10.1. The summed E-state index contributed by atoms with van der Waals surface area (Å²) in [6.45, 7) is 6.81. The predicted octanol–water partition coefficient (Wildman–Crippen LogP) is -0.608. The van der Waals surface area contributed by atoms with Crippen molar-refractivity contribution in [3.8, 4) is 0 Å². The molecule has 0 bridgehead atoms. The van der Waals surface area contributed by atoms with Crippen LogP contribution in [0.1, 0.15) is 19.2 Å². The minimum atomic E-state index is 0.229. The van der Waals surface area contributed by atoms with Gasteiger partial charge in [-0.15, -0.1) is 10.2 Å². The maximum Gasteiger partial charge on any atom is 0.188 e. The number of aryl methyl sites for hydroxylation is 1. The Balaban J connectivity index is 1.83. The van der Waals surface area contributed by atoms with E-state index in [4.69, 9.17) is 18.0 Å². The zero-order chi connectivity index (χ0) is 13.8. The molecule has 106 valence electrons. The molecule has 1 unspecified atom stereocenters. The van der Waals surface area contributed by atoms with E-state index in [1.165, 1.54) is 4.80 Å². The number of tetrazole rings is 1. The van der Waals surface area contributed by atoms with Gasteiger partial charge in [0.25, 0.3) is 0 Å². The topological polar surface area (TPSA) is 76.1 Å². The molecule has 2 rings (SSSR count). The highest BCUT2D eigenvalue weighted by atomic mass is 32.1. The highest BCUT2D eigenvalue weighted by Crippen LogP contribution is 2.11. The highest BCUT2D eigenvalue weighted by Gasteiger charge is 2.24. The van der Waals surface area contributed by atoms with Gasteiger partial charge in [-0.1, -0.05) is 19.1 Å². The zero-order valence-electron chi connectivity index (χ0n) is 11.5. The lowest BCUT2D eigenvalue weighted by Crippen LogP contribution is -2.53. The first-order chi connectivity index (χ1) is 9.10. The summed E-state index contributed by atoms with van der Waals surface area (Å²) in [6.07, 6.45) is 0.973. The normalized spacial score (nSPS) is 19.5. The number of rotatable bonds is 5. The Morgan fingerprint density at radius 2 is 2.05 bits per heavy atom.